The minimum atomic E-state index is -0.806. The highest BCUT2D eigenvalue weighted by molar-refractivity contribution is 6.32. The summed E-state index contributed by atoms with van der Waals surface area (Å²) in [6.07, 6.45) is 1.17. The number of hydrogen-bond donors (Lipinski definition) is 3. The van der Waals surface area contributed by atoms with Gasteiger partial charge in [-0.2, -0.15) is 0 Å². The molecule has 2 amide bonds. The normalized spacial score (nSPS) is 12.6. The Morgan fingerprint density at radius 2 is 1.52 bits per heavy atom. The second-order valence-electron chi connectivity index (χ2n) is 10.2. The lowest BCUT2D eigenvalue weighted by Gasteiger charge is -2.20. The fourth-order valence-electron chi connectivity index (χ4n) is 5.20. The van der Waals surface area contributed by atoms with Crippen molar-refractivity contribution < 1.29 is 19.1 Å². The fraction of sp³-hybridized carbons (Fsp3) is 0.235. The number of rotatable bonds is 12. The Kier molecular flexibility index (Phi) is 9.74. The molecule has 0 radical (unpaired) electrons. The SMILES string of the molecule is NCCCC[C@H](NC(=O)OCC1c2ccccc2-c2ccccc21)C(=O)Nc1ccc(OCc2ccccc2)c(Cl)c1. The highest BCUT2D eigenvalue weighted by Crippen LogP contribution is 2.44. The molecule has 0 spiro atoms. The minimum Gasteiger partial charge on any atom is -0.487 e. The number of halogens is 1. The number of ether oxygens (including phenoxy) is 2. The van der Waals surface area contributed by atoms with Crippen LogP contribution in [0, 0.1) is 0 Å². The number of anilines is 1. The number of carbonyl (C=O) groups is 2. The summed E-state index contributed by atoms with van der Waals surface area (Å²) in [5.41, 5.74) is 11.7. The number of nitrogens with two attached hydrogens (primary N) is 1. The van der Waals surface area contributed by atoms with E-state index in [4.69, 9.17) is 26.8 Å². The molecule has 4 aromatic carbocycles. The van der Waals surface area contributed by atoms with Crippen LogP contribution in [0.5, 0.6) is 5.75 Å². The van der Waals surface area contributed by atoms with Gasteiger partial charge in [-0.3, -0.25) is 4.79 Å². The van der Waals surface area contributed by atoms with Crippen LogP contribution < -0.4 is 21.1 Å². The Morgan fingerprint density at radius 3 is 2.19 bits per heavy atom. The summed E-state index contributed by atoms with van der Waals surface area (Å²) in [4.78, 5) is 26.2. The molecule has 0 aliphatic heterocycles. The fourth-order valence-corrected chi connectivity index (χ4v) is 5.44. The van der Waals surface area contributed by atoms with Crippen LogP contribution >= 0.6 is 11.6 Å². The van der Waals surface area contributed by atoms with Gasteiger partial charge >= 0.3 is 6.09 Å². The van der Waals surface area contributed by atoms with Gasteiger partial charge in [0.25, 0.3) is 0 Å². The molecule has 4 N–H and O–H groups in total. The van der Waals surface area contributed by atoms with E-state index in [9.17, 15) is 9.59 Å². The van der Waals surface area contributed by atoms with Gasteiger partial charge in [0.05, 0.1) is 5.02 Å². The van der Waals surface area contributed by atoms with E-state index in [1.807, 2.05) is 54.6 Å². The van der Waals surface area contributed by atoms with Crippen molar-refractivity contribution in [1.82, 2.24) is 5.32 Å². The van der Waals surface area contributed by atoms with Crippen molar-refractivity contribution in [3.05, 3.63) is 119 Å². The summed E-state index contributed by atoms with van der Waals surface area (Å²) in [7, 11) is 0. The maximum Gasteiger partial charge on any atom is 0.407 e. The number of alkyl carbamates (subject to hydrolysis) is 1. The minimum absolute atomic E-state index is 0.0718. The summed E-state index contributed by atoms with van der Waals surface area (Å²) >= 11 is 6.44. The molecule has 42 heavy (non-hydrogen) atoms. The molecule has 216 valence electrons. The third kappa shape index (κ3) is 7.11. The molecule has 0 fully saturated rings. The molecular formula is C34H34ClN3O4. The summed E-state index contributed by atoms with van der Waals surface area (Å²) < 4.78 is 11.5. The van der Waals surface area contributed by atoms with Gasteiger partial charge in [-0.1, -0.05) is 90.5 Å². The van der Waals surface area contributed by atoms with Crippen molar-refractivity contribution in [2.24, 2.45) is 5.73 Å². The Bertz CT molecular complexity index is 1480. The first-order chi connectivity index (χ1) is 20.5. The highest BCUT2D eigenvalue weighted by Gasteiger charge is 2.30. The standard InChI is InChI=1S/C34H34ClN3O4/c35-30-20-24(17-18-32(30)41-21-23-10-2-1-3-11-23)37-33(39)31(16-8-9-19-36)38-34(40)42-22-29-27-14-6-4-12-25(27)26-13-5-7-15-28(26)29/h1-7,10-15,17-18,20,29,31H,8-9,16,19,21-22,36H2,(H,37,39)(H,38,40)/t31-/m0/s1. The molecule has 0 saturated carbocycles. The number of unbranched alkanes of at least 4 members (excludes halogenated alkanes) is 1. The van der Waals surface area contributed by atoms with Gasteiger partial charge in [0.2, 0.25) is 5.91 Å². The zero-order chi connectivity index (χ0) is 29.3. The first-order valence-electron chi connectivity index (χ1n) is 14.1. The number of nitrogens with one attached hydrogen (secondary N) is 2. The van der Waals surface area contributed by atoms with Crippen molar-refractivity contribution in [3.63, 3.8) is 0 Å². The van der Waals surface area contributed by atoms with Gasteiger partial charge in [0.1, 0.15) is 25.0 Å². The molecule has 8 heteroatoms. The second kappa shape index (κ2) is 14.0. The third-order valence-electron chi connectivity index (χ3n) is 7.34. The lowest BCUT2D eigenvalue weighted by atomic mass is 9.98. The summed E-state index contributed by atoms with van der Waals surface area (Å²) in [6.45, 7) is 1.04. The first-order valence-corrected chi connectivity index (χ1v) is 14.5. The van der Waals surface area contributed by atoms with E-state index >= 15 is 0 Å². The molecule has 1 aliphatic rings. The number of fused-ring (bicyclic) bond motifs is 3. The lowest BCUT2D eigenvalue weighted by Crippen LogP contribution is -2.44. The molecule has 4 aromatic rings. The van der Waals surface area contributed by atoms with Crippen molar-refractivity contribution in [2.75, 3.05) is 18.5 Å². The molecule has 0 unspecified atom stereocenters. The first kappa shape index (κ1) is 29.2. The number of amides is 2. The lowest BCUT2D eigenvalue weighted by molar-refractivity contribution is -0.118. The third-order valence-corrected chi connectivity index (χ3v) is 7.63. The van der Waals surface area contributed by atoms with Crippen LogP contribution in [0.1, 0.15) is 41.9 Å². The predicted octanol–water partition coefficient (Wildman–Crippen LogP) is 6.89. The predicted molar refractivity (Wildman–Crippen MR) is 166 cm³/mol. The largest absolute Gasteiger partial charge is 0.487 e. The van der Waals surface area contributed by atoms with Crippen LogP contribution in [0.25, 0.3) is 11.1 Å². The van der Waals surface area contributed by atoms with Crippen molar-refractivity contribution in [2.45, 2.75) is 37.8 Å². The maximum atomic E-state index is 13.3. The van der Waals surface area contributed by atoms with E-state index in [1.54, 1.807) is 18.2 Å². The van der Waals surface area contributed by atoms with E-state index in [1.165, 1.54) is 0 Å². The Hall–Kier alpha value is -4.33. The molecule has 0 bridgehead atoms. The van der Waals surface area contributed by atoms with Crippen molar-refractivity contribution >= 4 is 29.3 Å². The van der Waals surface area contributed by atoms with Crippen LogP contribution in [0.15, 0.2) is 97.1 Å². The van der Waals surface area contributed by atoms with E-state index in [2.05, 4.69) is 34.9 Å². The van der Waals surface area contributed by atoms with Gasteiger partial charge in [-0.25, -0.2) is 4.79 Å². The van der Waals surface area contributed by atoms with Gasteiger partial charge in [0.15, 0.2) is 0 Å². The van der Waals surface area contributed by atoms with Crippen LogP contribution in [-0.2, 0) is 16.1 Å². The Balaban J connectivity index is 1.20. The average Bonchev–Trinajstić information content (AvgIpc) is 3.33. The quantitative estimate of drug-likeness (QED) is 0.158. The molecule has 0 saturated heterocycles. The van der Waals surface area contributed by atoms with Gasteiger partial charge < -0.3 is 25.8 Å². The Labute approximate surface area is 251 Å². The van der Waals surface area contributed by atoms with E-state index < -0.39 is 12.1 Å². The smallest absolute Gasteiger partial charge is 0.407 e. The molecule has 1 aliphatic carbocycles. The molecule has 7 nitrogen and oxygen atoms in total. The second-order valence-corrected chi connectivity index (χ2v) is 10.6. The topological polar surface area (TPSA) is 103 Å². The van der Waals surface area contributed by atoms with Crippen molar-refractivity contribution in [3.8, 4) is 16.9 Å². The molecular weight excluding hydrogens is 550 g/mol. The van der Waals surface area contributed by atoms with Crippen LogP contribution in [0.2, 0.25) is 5.02 Å². The van der Waals surface area contributed by atoms with Crippen LogP contribution in [-0.4, -0.2) is 31.2 Å². The molecule has 0 aromatic heterocycles. The van der Waals surface area contributed by atoms with Crippen molar-refractivity contribution in [1.29, 1.82) is 0 Å². The number of carbonyl (C=O) groups excluding carboxylic acids is 2. The Morgan fingerprint density at radius 1 is 0.857 bits per heavy atom. The van der Waals surface area contributed by atoms with Gasteiger partial charge in [-0.15, -0.1) is 0 Å². The molecule has 0 heterocycles. The van der Waals surface area contributed by atoms with Gasteiger partial charge in [0, 0.05) is 11.6 Å². The maximum absolute atomic E-state index is 13.3. The highest BCUT2D eigenvalue weighted by atomic mass is 35.5. The zero-order valence-electron chi connectivity index (χ0n) is 23.2. The number of hydrogen-bond acceptors (Lipinski definition) is 5. The van der Waals surface area contributed by atoms with E-state index in [0.29, 0.717) is 42.5 Å². The van der Waals surface area contributed by atoms with Crippen LogP contribution in [0.4, 0.5) is 10.5 Å². The zero-order valence-corrected chi connectivity index (χ0v) is 24.0. The average molecular weight is 584 g/mol. The molecule has 1 atom stereocenters. The van der Waals surface area contributed by atoms with Crippen LogP contribution in [0.3, 0.4) is 0 Å². The number of benzene rings is 4. The molecule has 5 rings (SSSR count). The summed E-state index contributed by atoms with van der Waals surface area (Å²) in [5, 5.41) is 5.99. The van der Waals surface area contributed by atoms with Gasteiger partial charge in [-0.05, 0) is 71.8 Å². The van der Waals surface area contributed by atoms with E-state index in [0.717, 1.165) is 34.2 Å². The monoisotopic (exact) mass is 583 g/mol. The van der Waals surface area contributed by atoms with E-state index in [-0.39, 0.29) is 18.4 Å². The summed E-state index contributed by atoms with van der Waals surface area (Å²) in [6, 6.07) is 30.3. The summed E-state index contributed by atoms with van der Waals surface area (Å²) in [5.74, 6) is 0.0711.